The van der Waals surface area contributed by atoms with Crippen molar-refractivity contribution in [1.29, 1.82) is 0 Å². The zero-order valence-corrected chi connectivity index (χ0v) is 14.8. The summed E-state index contributed by atoms with van der Waals surface area (Å²) in [7, 11) is 4.48. The molecule has 1 heterocycles. The average molecular weight is 369 g/mol. The Bertz CT molecular complexity index is 706. The number of carbonyl (C=O) groups is 2. The lowest BCUT2D eigenvalue weighted by atomic mass is 10.1. The fourth-order valence-corrected chi connectivity index (χ4v) is 3.36. The monoisotopic (exact) mass is 369 g/mol. The van der Waals surface area contributed by atoms with Gasteiger partial charge in [-0.3, -0.25) is 14.5 Å². The molecule has 1 aliphatic heterocycles. The van der Waals surface area contributed by atoms with Crippen molar-refractivity contribution in [3.05, 3.63) is 22.6 Å². The molecular weight excluding hydrogens is 354 g/mol. The zero-order chi connectivity index (χ0) is 17.9. The lowest BCUT2D eigenvalue weighted by molar-refractivity contribution is -0.140. The Morgan fingerprint density at radius 3 is 2.29 bits per heavy atom. The number of carboxylic acid groups (broad SMARTS) is 1. The highest BCUT2D eigenvalue weighted by molar-refractivity contribution is 8.26. The largest absolute Gasteiger partial charge is 0.493 e. The fourth-order valence-electron chi connectivity index (χ4n) is 2.11. The molecule has 1 N–H and O–H groups in total. The number of carboxylic acids is 1. The first kappa shape index (κ1) is 18.1. The molecule has 1 saturated heterocycles. The second kappa shape index (κ2) is 7.54. The molecule has 0 saturated carbocycles. The summed E-state index contributed by atoms with van der Waals surface area (Å²) in [6.45, 7) is -0.461. The van der Waals surface area contributed by atoms with Crippen molar-refractivity contribution in [2.75, 3.05) is 27.9 Å². The summed E-state index contributed by atoms with van der Waals surface area (Å²) in [6.07, 6.45) is 1.60. The number of nitrogens with zero attached hydrogens (tertiary/aromatic N) is 1. The second-order valence-corrected chi connectivity index (χ2v) is 6.30. The number of aliphatic carboxylic acids is 1. The molecule has 24 heavy (non-hydrogen) atoms. The van der Waals surface area contributed by atoms with E-state index >= 15 is 0 Å². The number of amides is 1. The van der Waals surface area contributed by atoms with Crippen molar-refractivity contribution in [3.63, 3.8) is 0 Å². The van der Waals surface area contributed by atoms with E-state index in [1.165, 1.54) is 21.3 Å². The van der Waals surface area contributed by atoms with E-state index in [2.05, 4.69) is 0 Å². The van der Waals surface area contributed by atoms with Crippen LogP contribution in [0, 0.1) is 0 Å². The summed E-state index contributed by atoms with van der Waals surface area (Å²) in [5.41, 5.74) is 0.639. The van der Waals surface area contributed by atoms with E-state index in [0.717, 1.165) is 16.7 Å². The third-order valence-electron chi connectivity index (χ3n) is 3.15. The van der Waals surface area contributed by atoms with E-state index < -0.39 is 18.4 Å². The van der Waals surface area contributed by atoms with Crippen LogP contribution in [0.2, 0.25) is 0 Å². The van der Waals surface area contributed by atoms with Crippen LogP contribution < -0.4 is 14.2 Å². The van der Waals surface area contributed by atoms with Gasteiger partial charge in [-0.1, -0.05) is 24.0 Å². The van der Waals surface area contributed by atoms with Gasteiger partial charge in [-0.2, -0.15) is 0 Å². The molecule has 1 fully saturated rings. The van der Waals surface area contributed by atoms with Crippen molar-refractivity contribution in [2.45, 2.75) is 0 Å². The minimum Gasteiger partial charge on any atom is -0.493 e. The maximum atomic E-state index is 12.3. The number of methoxy groups -OCH3 is 3. The van der Waals surface area contributed by atoms with Gasteiger partial charge in [0.25, 0.3) is 5.91 Å². The van der Waals surface area contributed by atoms with Gasteiger partial charge >= 0.3 is 5.97 Å². The number of hydrogen-bond donors (Lipinski definition) is 1. The first-order chi connectivity index (χ1) is 11.4. The van der Waals surface area contributed by atoms with Crippen molar-refractivity contribution >= 4 is 46.3 Å². The van der Waals surface area contributed by atoms with Crippen LogP contribution in [-0.4, -0.2) is 54.1 Å². The Morgan fingerprint density at radius 2 is 1.83 bits per heavy atom. The molecule has 0 spiro atoms. The van der Waals surface area contributed by atoms with Crippen LogP contribution in [0.25, 0.3) is 6.08 Å². The minimum atomic E-state index is -1.12. The van der Waals surface area contributed by atoms with Gasteiger partial charge in [0, 0.05) is 0 Å². The van der Waals surface area contributed by atoms with Crippen LogP contribution in [0.15, 0.2) is 17.0 Å². The Labute approximate surface area is 148 Å². The number of thiocarbonyl (C=S) groups is 1. The maximum Gasteiger partial charge on any atom is 0.323 e. The van der Waals surface area contributed by atoms with E-state index in [1.54, 1.807) is 18.2 Å². The third-order valence-corrected chi connectivity index (χ3v) is 4.53. The molecule has 9 heteroatoms. The van der Waals surface area contributed by atoms with Crippen molar-refractivity contribution in [1.82, 2.24) is 4.90 Å². The summed E-state index contributed by atoms with van der Waals surface area (Å²) >= 11 is 6.11. The van der Waals surface area contributed by atoms with E-state index in [0.29, 0.717) is 27.7 Å². The van der Waals surface area contributed by atoms with E-state index in [9.17, 15) is 9.59 Å². The summed E-state index contributed by atoms with van der Waals surface area (Å²) in [6, 6.07) is 3.37. The van der Waals surface area contributed by atoms with Gasteiger partial charge in [0.05, 0.1) is 26.2 Å². The molecule has 0 atom stereocenters. The molecule has 128 valence electrons. The minimum absolute atomic E-state index is 0.209. The number of benzene rings is 1. The summed E-state index contributed by atoms with van der Waals surface area (Å²) in [5, 5.41) is 8.85. The molecule has 2 rings (SSSR count). The summed E-state index contributed by atoms with van der Waals surface area (Å²) < 4.78 is 16.0. The predicted octanol–water partition coefficient (Wildman–Crippen LogP) is 2.00. The number of ether oxygens (including phenoxy) is 3. The molecule has 1 aliphatic rings. The van der Waals surface area contributed by atoms with Crippen molar-refractivity contribution in [2.24, 2.45) is 0 Å². The Morgan fingerprint density at radius 1 is 1.25 bits per heavy atom. The fraction of sp³-hybridized carbons (Fsp3) is 0.267. The molecule has 1 aromatic carbocycles. The van der Waals surface area contributed by atoms with E-state index in [-0.39, 0.29) is 4.32 Å². The Balaban J connectivity index is 2.39. The molecule has 0 radical (unpaired) electrons. The number of thioether (sulfide) groups is 1. The molecule has 0 aliphatic carbocycles. The smallest absolute Gasteiger partial charge is 0.323 e. The predicted molar refractivity (Wildman–Crippen MR) is 93.6 cm³/mol. The highest BCUT2D eigenvalue weighted by atomic mass is 32.2. The second-order valence-electron chi connectivity index (χ2n) is 4.62. The van der Waals surface area contributed by atoms with Gasteiger partial charge in [0.15, 0.2) is 11.5 Å². The highest BCUT2D eigenvalue weighted by Gasteiger charge is 2.33. The lowest BCUT2D eigenvalue weighted by Gasteiger charge is -2.13. The quantitative estimate of drug-likeness (QED) is 0.602. The first-order valence-corrected chi connectivity index (χ1v) is 7.91. The standard InChI is InChI=1S/C15H15NO6S2/c1-20-9-4-8(5-10(21-2)13(9)22-3)6-11-14(19)16(7-12(17)18)15(23)24-11/h4-6H,7H2,1-3H3,(H,17,18)/b11-6+. The van der Waals surface area contributed by atoms with Gasteiger partial charge in [-0.15, -0.1) is 0 Å². The van der Waals surface area contributed by atoms with E-state index in [1.807, 2.05) is 0 Å². The number of carbonyl (C=O) groups excluding carboxylic acids is 1. The third kappa shape index (κ3) is 3.62. The highest BCUT2D eigenvalue weighted by Crippen LogP contribution is 2.40. The van der Waals surface area contributed by atoms with Crippen LogP contribution in [0.5, 0.6) is 17.2 Å². The zero-order valence-electron chi connectivity index (χ0n) is 13.2. The summed E-state index contributed by atoms with van der Waals surface area (Å²) in [4.78, 5) is 24.5. The maximum absolute atomic E-state index is 12.3. The SMILES string of the molecule is COc1cc(/C=C2/SC(=S)N(CC(=O)O)C2=O)cc(OC)c1OC. The Kier molecular flexibility index (Phi) is 5.68. The van der Waals surface area contributed by atoms with Gasteiger partial charge in [0.2, 0.25) is 5.75 Å². The van der Waals surface area contributed by atoms with Crippen molar-refractivity contribution < 1.29 is 28.9 Å². The molecule has 1 amide bonds. The van der Waals surface area contributed by atoms with Gasteiger partial charge in [0.1, 0.15) is 10.9 Å². The molecule has 0 bridgehead atoms. The average Bonchev–Trinajstić information content (AvgIpc) is 2.80. The normalized spacial score (nSPS) is 15.8. The van der Waals surface area contributed by atoms with Gasteiger partial charge < -0.3 is 19.3 Å². The van der Waals surface area contributed by atoms with Crippen molar-refractivity contribution in [3.8, 4) is 17.2 Å². The molecule has 0 aromatic heterocycles. The van der Waals surface area contributed by atoms with Crippen LogP contribution in [-0.2, 0) is 9.59 Å². The number of rotatable bonds is 6. The van der Waals surface area contributed by atoms with Crippen LogP contribution in [0.3, 0.4) is 0 Å². The van der Waals surface area contributed by atoms with Crippen LogP contribution >= 0.6 is 24.0 Å². The molecule has 0 unspecified atom stereocenters. The molecular formula is C15H15NO6S2. The van der Waals surface area contributed by atoms with Gasteiger partial charge in [-0.25, -0.2) is 0 Å². The van der Waals surface area contributed by atoms with Gasteiger partial charge in [-0.05, 0) is 23.8 Å². The number of hydrogen-bond acceptors (Lipinski definition) is 7. The Hall–Kier alpha value is -2.26. The van der Waals surface area contributed by atoms with Crippen LogP contribution in [0.1, 0.15) is 5.56 Å². The van der Waals surface area contributed by atoms with E-state index in [4.69, 9.17) is 31.5 Å². The topological polar surface area (TPSA) is 85.3 Å². The van der Waals surface area contributed by atoms with Crippen LogP contribution in [0.4, 0.5) is 0 Å². The lowest BCUT2D eigenvalue weighted by Crippen LogP contribution is -2.33. The first-order valence-electron chi connectivity index (χ1n) is 6.68. The molecule has 1 aromatic rings. The molecule has 7 nitrogen and oxygen atoms in total. The summed E-state index contributed by atoms with van der Waals surface area (Å²) in [5.74, 6) is -0.231.